The molecule has 0 unspecified atom stereocenters. The fourth-order valence-electron chi connectivity index (χ4n) is 3.71. The number of carbonyl (C=O) groups is 1. The van der Waals surface area contributed by atoms with Crippen LogP contribution in [0.25, 0.3) is 21.9 Å². The number of nitrogens with zero attached hydrogens (tertiary/aromatic N) is 2. The van der Waals surface area contributed by atoms with E-state index in [1.807, 2.05) is 32.9 Å². The Hall–Kier alpha value is -4.60. The zero-order valence-corrected chi connectivity index (χ0v) is 19.7. The number of Topliss-reactive ketones (excluding diaryl/α,β-unsaturated/α-hetero) is 1. The normalized spacial score (nSPS) is 17.0. The van der Waals surface area contributed by atoms with Gasteiger partial charge in [0.15, 0.2) is 0 Å². The monoisotopic (exact) mass is 462 g/mol. The van der Waals surface area contributed by atoms with E-state index >= 15 is 0 Å². The van der Waals surface area contributed by atoms with Crippen molar-refractivity contribution >= 4 is 22.8 Å². The second-order valence-electron chi connectivity index (χ2n) is 9.32. The van der Waals surface area contributed by atoms with Gasteiger partial charge >= 0.3 is 5.63 Å². The van der Waals surface area contributed by atoms with Crippen LogP contribution in [0.15, 0.2) is 68.4 Å². The number of benzene rings is 1. The molecule has 2 aliphatic rings. The molecule has 0 saturated carbocycles. The number of nitriles is 1. The predicted octanol–water partition coefficient (Wildman–Crippen LogP) is 5.60. The number of ether oxygens (including phenoxy) is 1. The smallest absolute Gasteiger partial charge is 0.343 e. The molecule has 1 aromatic carbocycles. The molecule has 0 amide bonds. The molecule has 1 aliphatic carbocycles. The summed E-state index contributed by atoms with van der Waals surface area (Å²) < 4.78 is 11.5. The van der Waals surface area contributed by atoms with E-state index in [1.54, 1.807) is 36.4 Å². The second kappa shape index (κ2) is 9.34. The Bertz CT molecular complexity index is 1560. The number of allylic oxidation sites excluding steroid dienone is 6. The van der Waals surface area contributed by atoms with Gasteiger partial charge in [-0.05, 0) is 53.6 Å². The lowest BCUT2D eigenvalue weighted by atomic mass is 9.91. The standard InChI is InChI=1S/C29H22N2O4/c1-29(2,3)27-16-21(25(17-30)31-4)14-24(34-27)10-9-19-11-22-12-20-13-23(32)8-6-5-7-18(20)15-26(22)35-28(19)33/h9-12,14-16H,6,8,13H2,1-3H3/b10-9+,25-21-. The SMILES string of the molecule is [C-]#[N+]/C(C#N)=C1C=C(/C=C/c2cc3cc4c(cc3oc2=O)C#CCCC(=O)C4)OC(C(C)(C)C)=C/1. The zero-order chi connectivity index (χ0) is 25.2. The maximum absolute atomic E-state index is 12.7. The number of fused-ring (bicyclic) bond motifs is 2. The fraction of sp³-hybridized carbons (Fsp3) is 0.241. The first-order valence-corrected chi connectivity index (χ1v) is 11.1. The van der Waals surface area contributed by atoms with Crippen molar-refractivity contribution < 1.29 is 13.9 Å². The molecule has 35 heavy (non-hydrogen) atoms. The highest BCUT2D eigenvalue weighted by atomic mass is 16.5. The molecule has 1 aliphatic heterocycles. The van der Waals surface area contributed by atoms with Crippen molar-refractivity contribution in [3.05, 3.63) is 97.7 Å². The predicted molar refractivity (Wildman–Crippen MR) is 132 cm³/mol. The van der Waals surface area contributed by atoms with E-state index in [-0.39, 0.29) is 16.9 Å². The van der Waals surface area contributed by atoms with Crippen molar-refractivity contribution in [1.82, 2.24) is 0 Å². The molecule has 0 bridgehead atoms. The van der Waals surface area contributed by atoms with Gasteiger partial charge in [-0.1, -0.05) is 32.6 Å². The van der Waals surface area contributed by atoms with Gasteiger partial charge in [0.1, 0.15) is 22.9 Å². The molecular weight excluding hydrogens is 440 g/mol. The molecule has 4 rings (SSSR count). The van der Waals surface area contributed by atoms with Crippen LogP contribution in [-0.2, 0) is 16.0 Å². The Labute approximate surface area is 203 Å². The molecule has 2 heterocycles. The summed E-state index contributed by atoms with van der Waals surface area (Å²) in [5.74, 6) is 7.16. The summed E-state index contributed by atoms with van der Waals surface area (Å²) in [5, 5.41) is 10.00. The van der Waals surface area contributed by atoms with Crippen LogP contribution in [0.2, 0.25) is 0 Å². The van der Waals surface area contributed by atoms with E-state index in [4.69, 9.17) is 15.7 Å². The third-order valence-electron chi connectivity index (χ3n) is 5.59. The highest BCUT2D eigenvalue weighted by molar-refractivity contribution is 5.87. The van der Waals surface area contributed by atoms with Crippen molar-refractivity contribution in [2.75, 3.05) is 0 Å². The third-order valence-corrected chi connectivity index (χ3v) is 5.59. The summed E-state index contributed by atoms with van der Waals surface area (Å²) in [4.78, 5) is 28.1. The molecule has 2 aromatic rings. The minimum Gasteiger partial charge on any atom is -0.461 e. The molecule has 0 N–H and O–H groups in total. The Balaban J connectivity index is 1.74. The topological polar surface area (TPSA) is 84.7 Å². The van der Waals surface area contributed by atoms with Gasteiger partial charge in [0.05, 0.1) is 18.2 Å². The van der Waals surface area contributed by atoms with E-state index in [0.29, 0.717) is 58.5 Å². The van der Waals surface area contributed by atoms with Gasteiger partial charge in [-0.15, -0.1) is 0 Å². The summed E-state index contributed by atoms with van der Waals surface area (Å²) in [7, 11) is 0. The maximum atomic E-state index is 12.7. The number of hydrogen-bond acceptors (Lipinski definition) is 5. The van der Waals surface area contributed by atoms with Crippen LogP contribution in [0.5, 0.6) is 0 Å². The van der Waals surface area contributed by atoms with Crippen LogP contribution >= 0.6 is 0 Å². The van der Waals surface area contributed by atoms with Gasteiger partial charge in [-0.3, -0.25) is 4.79 Å². The summed E-state index contributed by atoms with van der Waals surface area (Å²) in [6.07, 6.45) is 7.72. The Morgan fingerprint density at radius 3 is 2.71 bits per heavy atom. The summed E-state index contributed by atoms with van der Waals surface area (Å²) in [5.41, 5.74) is 1.74. The first-order chi connectivity index (χ1) is 16.7. The van der Waals surface area contributed by atoms with Gasteiger partial charge in [-0.25, -0.2) is 14.9 Å². The summed E-state index contributed by atoms with van der Waals surface area (Å²) in [6.45, 7) is 13.2. The third kappa shape index (κ3) is 5.16. The van der Waals surface area contributed by atoms with Gasteiger partial charge in [0.25, 0.3) is 5.70 Å². The summed E-state index contributed by atoms with van der Waals surface area (Å²) in [6, 6.07) is 7.17. The minimum absolute atomic E-state index is 0.0414. The lowest BCUT2D eigenvalue weighted by molar-refractivity contribution is -0.118. The van der Waals surface area contributed by atoms with Crippen molar-refractivity contribution in [2.45, 2.75) is 40.0 Å². The van der Waals surface area contributed by atoms with Crippen LogP contribution < -0.4 is 5.63 Å². The molecule has 6 nitrogen and oxygen atoms in total. The van der Waals surface area contributed by atoms with E-state index in [0.717, 1.165) is 5.56 Å². The number of carbonyl (C=O) groups excluding carboxylic acids is 1. The van der Waals surface area contributed by atoms with Crippen LogP contribution in [0.4, 0.5) is 0 Å². The molecule has 0 saturated heterocycles. The Morgan fingerprint density at radius 2 is 2.00 bits per heavy atom. The van der Waals surface area contributed by atoms with Crippen LogP contribution in [0.3, 0.4) is 0 Å². The average Bonchev–Trinajstić information content (AvgIpc) is 2.80. The Morgan fingerprint density at radius 1 is 1.20 bits per heavy atom. The first-order valence-electron chi connectivity index (χ1n) is 11.1. The zero-order valence-electron chi connectivity index (χ0n) is 19.7. The number of rotatable bonds is 2. The molecule has 1 aromatic heterocycles. The first kappa shape index (κ1) is 23.6. The fourth-order valence-corrected chi connectivity index (χ4v) is 3.71. The molecule has 172 valence electrons. The maximum Gasteiger partial charge on any atom is 0.343 e. The quantitative estimate of drug-likeness (QED) is 0.251. The van der Waals surface area contributed by atoms with E-state index in [2.05, 4.69) is 16.7 Å². The van der Waals surface area contributed by atoms with E-state index < -0.39 is 5.63 Å². The second-order valence-corrected chi connectivity index (χ2v) is 9.32. The van der Waals surface area contributed by atoms with Crippen molar-refractivity contribution in [2.24, 2.45) is 5.41 Å². The lowest BCUT2D eigenvalue weighted by Crippen LogP contribution is -2.15. The molecule has 0 spiro atoms. The van der Waals surface area contributed by atoms with Crippen molar-refractivity contribution in [1.29, 1.82) is 5.26 Å². The van der Waals surface area contributed by atoms with Gasteiger partial charge in [0.2, 0.25) is 0 Å². The summed E-state index contributed by atoms with van der Waals surface area (Å²) >= 11 is 0. The molecule has 6 heteroatoms. The van der Waals surface area contributed by atoms with E-state index in [9.17, 15) is 14.9 Å². The molecule has 0 atom stereocenters. The highest BCUT2D eigenvalue weighted by Crippen LogP contribution is 2.34. The van der Waals surface area contributed by atoms with Crippen molar-refractivity contribution in [3.8, 4) is 17.9 Å². The van der Waals surface area contributed by atoms with Crippen LogP contribution in [-0.4, -0.2) is 5.78 Å². The molecule has 0 fully saturated rings. The Kier molecular flexibility index (Phi) is 6.28. The lowest BCUT2D eigenvalue weighted by Gasteiger charge is -2.26. The van der Waals surface area contributed by atoms with Crippen LogP contribution in [0, 0.1) is 35.2 Å². The molecule has 0 radical (unpaired) electrons. The van der Waals surface area contributed by atoms with Gasteiger partial charge in [-0.2, -0.15) is 0 Å². The highest BCUT2D eigenvalue weighted by Gasteiger charge is 2.24. The largest absolute Gasteiger partial charge is 0.461 e. The van der Waals surface area contributed by atoms with E-state index in [1.165, 1.54) is 0 Å². The van der Waals surface area contributed by atoms with Crippen LogP contribution in [0.1, 0.15) is 50.3 Å². The molecular formula is C29H22N2O4. The number of hydrogen-bond donors (Lipinski definition) is 0. The average molecular weight is 463 g/mol. The minimum atomic E-state index is -0.527. The van der Waals surface area contributed by atoms with Crippen molar-refractivity contribution in [3.63, 3.8) is 0 Å². The van der Waals surface area contributed by atoms with Gasteiger partial charge < -0.3 is 9.15 Å². The van der Waals surface area contributed by atoms with Gasteiger partial charge in [0, 0.05) is 35.6 Å². The number of ketones is 1.